The second kappa shape index (κ2) is 6.95. The summed E-state index contributed by atoms with van der Waals surface area (Å²) in [5.41, 5.74) is 5.81. The van der Waals surface area contributed by atoms with Crippen molar-refractivity contribution >= 4 is 39.9 Å². The van der Waals surface area contributed by atoms with E-state index >= 15 is 0 Å². The van der Waals surface area contributed by atoms with Crippen LogP contribution in [-0.2, 0) is 16.9 Å². The number of nitrogens with zero attached hydrogens (tertiary/aromatic N) is 1. The molecule has 0 aromatic heterocycles. The van der Waals surface area contributed by atoms with E-state index in [2.05, 4.69) is 51.0 Å². The molecule has 2 aliphatic carbocycles. The number of piperidine rings is 1. The van der Waals surface area contributed by atoms with Crippen LogP contribution in [-0.4, -0.2) is 19.0 Å². The van der Waals surface area contributed by atoms with Crippen molar-refractivity contribution in [3.05, 3.63) is 56.7 Å². The molecule has 5 heteroatoms. The average molecular weight is 514 g/mol. The van der Waals surface area contributed by atoms with Crippen molar-refractivity contribution in [2.75, 3.05) is 23.3 Å². The summed E-state index contributed by atoms with van der Waals surface area (Å²) in [5.74, 6) is -0.0189. The molecule has 0 bridgehead atoms. The van der Waals surface area contributed by atoms with Crippen LogP contribution in [0.1, 0.15) is 66.4 Å². The standard InChI is InChI=1S/C25H27IN2O2/c26-18-3-5-20(22(14-18)28-12-10-24(8-9-24)11-13-28)23(29)27-19-4-2-17-16-30-25(6-1-7-25)21(17)15-19/h2-5,14-15H,1,6-13,16H2,(H,27,29). The number of nitrogens with one attached hydrogen (secondary N) is 1. The van der Waals surface area contributed by atoms with Crippen LogP contribution in [0.5, 0.6) is 0 Å². The van der Waals surface area contributed by atoms with Crippen LogP contribution < -0.4 is 10.2 Å². The van der Waals surface area contributed by atoms with Crippen LogP contribution in [0, 0.1) is 8.99 Å². The second-order valence-electron chi connectivity index (χ2n) is 9.61. The molecule has 0 radical (unpaired) electrons. The minimum Gasteiger partial charge on any atom is -0.371 e. The molecular formula is C25H27IN2O2. The van der Waals surface area contributed by atoms with Crippen molar-refractivity contribution in [3.8, 4) is 0 Å². The number of ether oxygens (including phenoxy) is 1. The van der Waals surface area contributed by atoms with Crippen LogP contribution in [0.25, 0.3) is 0 Å². The lowest BCUT2D eigenvalue weighted by atomic mass is 9.75. The maximum absolute atomic E-state index is 13.3. The summed E-state index contributed by atoms with van der Waals surface area (Å²) in [7, 11) is 0. The van der Waals surface area contributed by atoms with Gasteiger partial charge in [0, 0.05) is 22.3 Å². The van der Waals surface area contributed by atoms with Gasteiger partial charge in [0.1, 0.15) is 0 Å². The van der Waals surface area contributed by atoms with Crippen molar-refractivity contribution in [1.29, 1.82) is 0 Å². The molecule has 0 atom stereocenters. The van der Waals surface area contributed by atoms with Gasteiger partial charge in [-0.25, -0.2) is 0 Å². The van der Waals surface area contributed by atoms with Crippen molar-refractivity contribution in [1.82, 2.24) is 0 Å². The summed E-state index contributed by atoms with van der Waals surface area (Å²) in [6, 6.07) is 12.5. The Hall–Kier alpha value is -1.60. The number of fused-ring (bicyclic) bond motifs is 2. The summed E-state index contributed by atoms with van der Waals surface area (Å²) in [5, 5.41) is 3.18. The highest BCUT2D eigenvalue weighted by atomic mass is 127. The van der Waals surface area contributed by atoms with Crippen molar-refractivity contribution in [3.63, 3.8) is 0 Å². The first kappa shape index (κ1) is 19.1. The molecule has 2 heterocycles. The Morgan fingerprint density at radius 2 is 1.80 bits per heavy atom. The smallest absolute Gasteiger partial charge is 0.257 e. The minimum atomic E-state index is -0.0866. The highest BCUT2D eigenvalue weighted by Gasteiger charge is 2.46. The van der Waals surface area contributed by atoms with Gasteiger partial charge in [0.25, 0.3) is 5.91 Å². The zero-order valence-corrected chi connectivity index (χ0v) is 19.3. The molecule has 1 amide bonds. The molecule has 2 saturated carbocycles. The maximum atomic E-state index is 13.3. The third-order valence-electron chi connectivity index (χ3n) is 7.85. The van der Waals surface area contributed by atoms with Gasteiger partial charge in [-0.05, 0) is 114 Å². The van der Waals surface area contributed by atoms with Crippen molar-refractivity contribution in [2.24, 2.45) is 5.41 Å². The normalized spacial score (nSPS) is 22.6. The third kappa shape index (κ3) is 3.16. The van der Waals surface area contributed by atoms with E-state index in [9.17, 15) is 4.79 Å². The molecule has 156 valence electrons. The predicted octanol–water partition coefficient (Wildman–Crippen LogP) is 5.83. The fraction of sp³-hybridized carbons (Fsp3) is 0.480. The first-order valence-corrected chi connectivity index (χ1v) is 12.3. The Morgan fingerprint density at radius 1 is 1.00 bits per heavy atom. The van der Waals surface area contributed by atoms with E-state index in [4.69, 9.17) is 4.74 Å². The van der Waals surface area contributed by atoms with Gasteiger partial charge >= 0.3 is 0 Å². The molecule has 2 spiro atoms. The second-order valence-corrected chi connectivity index (χ2v) is 10.9. The highest BCUT2D eigenvalue weighted by molar-refractivity contribution is 14.1. The Bertz CT molecular complexity index is 1020. The van der Waals surface area contributed by atoms with Gasteiger partial charge in [-0.2, -0.15) is 0 Å². The van der Waals surface area contributed by atoms with Crippen LogP contribution in [0.3, 0.4) is 0 Å². The number of carbonyl (C=O) groups excluding carboxylic acids is 1. The fourth-order valence-electron chi connectivity index (χ4n) is 5.47. The van der Waals surface area contributed by atoms with Gasteiger partial charge < -0.3 is 15.0 Å². The molecule has 4 aliphatic rings. The Morgan fingerprint density at radius 3 is 2.50 bits per heavy atom. The van der Waals surface area contributed by atoms with E-state index in [1.165, 1.54) is 46.8 Å². The maximum Gasteiger partial charge on any atom is 0.257 e. The molecule has 4 nitrogen and oxygen atoms in total. The number of anilines is 2. The summed E-state index contributed by atoms with van der Waals surface area (Å²) in [6.45, 7) is 2.80. The van der Waals surface area contributed by atoms with Gasteiger partial charge in [-0.1, -0.05) is 6.07 Å². The van der Waals surface area contributed by atoms with Gasteiger partial charge in [0.15, 0.2) is 0 Å². The van der Waals surface area contributed by atoms with E-state index < -0.39 is 0 Å². The zero-order valence-electron chi connectivity index (χ0n) is 17.2. The largest absolute Gasteiger partial charge is 0.371 e. The summed E-state index contributed by atoms with van der Waals surface area (Å²) in [6.07, 6.45) is 8.70. The zero-order chi connectivity index (χ0) is 20.3. The molecule has 1 saturated heterocycles. The third-order valence-corrected chi connectivity index (χ3v) is 8.52. The van der Waals surface area contributed by atoms with Gasteiger partial charge in [-0.15, -0.1) is 0 Å². The van der Waals surface area contributed by atoms with Crippen LogP contribution >= 0.6 is 22.6 Å². The molecule has 30 heavy (non-hydrogen) atoms. The van der Waals surface area contributed by atoms with Gasteiger partial charge in [0.2, 0.25) is 0 Å². The molecule has 1 N–H and O–H groups in total. The number of amides is 1. The Kier molecular flexibility index (Phi) is 4.43. The number of benzene rings is 2. The fourth-order valence-corrected chi connectivity index (χ4v) is 5.94. The number of hydrogen-bond acceptors (Lipinski definition) is 3. The lowest BCUT2D eigenvalue weighted by molar-refractivity contribution is -0.0943. The van der Waals surface area contributed by atoms with E-state index in [-0.39, 0.29) is 11.5 Å². The van der Waals surface area contributed by atoms with Gasteiger partial charge in [0.05, 0.1) is 23.5 Å². The topological polar surface area (TPSA) is 41.6 Å². The molecule has 2 aromatic carbocycles. The minimum absolute atomic E-state index is 0.0189. The van der Waals surface area contributed by atoms with E-state index in [0.717, 1.165) is 42.9 Å². The van der Waals surface area contributed by atoms with Crippen LogP contribution in [0.2, 0.25) is 0 Å². The van der Waals surface area contributed by atoms with Crippen molar-refractivity contribution < 1.29 is 9.53 Å². The number of rotatable bonds is 3. The van der Waals surface area contributed by atoms with E-state index in [1.807, 2.05) is 18.2 Å². The SMILES string of the molecule is O=C(Nc1ccc2c(c1)C1(CCC1)OC2)c1ccc(I)cc1N1CCC2(CC1)CC2. The number of halogens is 1. The molecule has 3 fully saturated rings. The predicted molar refractivity (Wildman–Crippen MR) is 127 cm³/mol. The van der Waals surface area contributed by atoms with E-state index in [1.54, 1.807) is 0 Å². The monoisotopic (exact) mass is 514 g/mol. The Labute approximate surface area is 191 Å². The van der Waals surface area contributed by atoms with Crippen molar-refractivity contribution in [2.45, 2.75) is 57.2 Å². The summed E-state index contributed by atoms with van der Waals surface area (Å²) < 4.78 is 7.28. The van der Waals surface area contributed by atoms with Gasteiger partial charge in [-0.3, -0.25) is 4.79 Å². The quantitative estimate of drug-likeness (QED) is 0.524. The lowest BCUT2D eigenvalue weighted by Crippen LogP contribution is -2.35. The van der Waals surface area contributed by atoms with E-state index in [0.29, 0.717) is 12.0 Å². The molecule has 2 aromatic rings. The molecule has 0 unspecified atom stereocenters. The lowest BCUT2D eigenvalue weighted by Gasteiger charge is -2.38. The van der Waals surface area contributed by atoms with Crippen LogP contribution in [0.15, 0.2) is 36.4 Å². The summed E-state index contributed by atoms with van der Waals surface area (Å²) >= 11 is 2.35. The number of hydrogen-bond donors (Lipinski definition) is 1. The highest BCUT2D eigenvalue weighted by Crippen LogP contribution is 2.54. The molecular weight excluding hydrogens is 487 g/mol. The molecule has 6 rings (SSSR count). The average Bonchev–Trinajstić information content (AvgIpc) is 3.35. The number of carbonyl (C=O) groups is 1. The summed E-state index contributed by atoms with van der Waals surface area (Å²) in [4.78, 5) is 15.7. The molecule has 2 aliphatic heterocycles. The Balaban J connectivity index is 1.25. The first-order chi connectivity index (χ1) is 14.6. The first-order valence-electron chi connectivity index (χ1n) is 11.2. The van der Waals surface area contributed by atoms with Crippen LogP contribution in [0.4, 0.5) is 11.4 Å².